The molecule has 158 valence electrons. The molecule has 0 aliphatic carbocycles. The van der Waals surface area contributed by atoms with E-state index in [1.165, 1.54) is 18.3 Å². The van der Waals surface area contributed by atoms with E-state index in [4.69, 9.17) is 0 Å². The summed E-state index contributed by atoms with van der Waals surface area (Å²) in [5.74, 6) is -1.05. The number of hydrogen-bond acceptors (Lipinski definition) is 6. The Hall–Kier alpha value is -4.72. The molecular weight excluding hydrogens is 408 g/mol. The standard InChI is InChI=1S/C24H18N4O4/c29-18-12-11-17(19(30)13-18)14-25-27-23(31)21-20(15-7-3-1-4-8-15)22(26-28-24(21)32)16-9-5-2-6-10-16/h1-14,29-30H,(H,27,31)(H,28,32). The van der Waals surface area contributed by atoms with E-state index in [9.17, 15) is 19.8 Å². The van der Waals surface area contributed by atoms with Crippen LogP contribution in [0.2, 0.25) is 0 Å². The Morgan fingerprint density at radius 1 is 0.938 bits per heavy atom. The number of aromatic hydroxyl groups is 2. The van der Waals surface area contributed by atoms with Crippen molar-refractivity contribution in [3.63, 3.8) is 0 Å². The zero-order valence-electron chi connectivity index (χ0n) is 16.7. The zero-order chi connectivity index (χ0) is 22.5. The summed E-state index contributed by atoms with van der Waals surface area (Å²) < 4.78 is 0. The van der Waals surface area contributed by atoms with Gasteiger partial charge in [0, 0.05) is 22.8 Å². The molecule has 3 aromatic carbocycles. The van der Waals surface area contributed by atoms with Crippen molar-refractivity contribution in [1.82, 2.24) is 15.6 Å². The number of nitrogens with one attached hydrogen (secondary N) is 2. The fourth-order valence-corrected chi connectivity index (χ4v) is 3.22. The van der Waals surface area contributed by atoms with E-state index < -0.39 is 11.5 Å². The van der Waals surface area contributed by atoms with Crippen molar-refractivity contribution >= 4 is 12.1 Å². The van der Waals surface area contributed by atoms with Gasteiger partial charge in [0.1, 0.15) is 17.1 Å². The average molecular weight is 426 g/mol. The van der Waals surface area contributed by atoms with Crippen LogP contribution in [-0.4, -0.2) is 32.5 Å². The van der Waals surface area contributed by atoms with E-state index >= 15 is 0 Å². The van der Waals surface area contributed by atoms with Crippen molar-refractivity contribution < 1.29 is 15.0 Å². The lowest BCUT2D eigenvalue weighted by atomic mass is 9.95. The molecule has 0 atom stereocenters. The van der Waals surface area contributed by atoms with Crippen LogP contribution < -0.4 is 11.0 Å². The first kappa shape index (κ1) is 20.5. The Kier molecular flexibility index (Phi) is 5.76. The van der Waals surface area contributed by atoms with E-state index in [2.05, 4.69) is 20.7 Å². The Morgan fingerprint density at radius 3 is 2.25 bits per heavy atom. The zero-order valence-corrected chi connectivity index (χ0v) is 16.7. The molecule has 4 rings (SSSR count). The fourth-order valence-electron chi connectivity index (χ4n) is 3.22. The van der Waals surface area contributed by atoms with Gasteiger partial charge in [-0.05, 0) is 17.7 Å². The highest BCUT2D eigenvalue weighted by molar-refractivity contribution is 6.03. The number of carbonyl (C=O) groups is 1. The van der Waals surface area contributed by atoms with Crippen LogP contribution in [0.15, 0.2) is 88.8 Å². The highest BCUT2D eigenvalue weighted by Gasteiger charge is 2.22. The maximum absolute atomic E-state index is 13.0. The number of amides is 1. The summed E-state index contributed by atoms with van der Waals surface area (Å²) in [4.78, 5) is 25.7. The molecule has 8 heteroatoms. The molecule has 1 heterocycles. The number of aromatic amines is 1. The maximum Gasteiger partial charge on any atom is 0.277 e. The summed E-state index contributed by atoms with van der Waals surface area (Å²) in [6.45, 7) is 0. The molecule has 1 amide bonds. The molecule has 0 aliphatic rings. The number of phenolic OH excluding ortho intramolecular Hbond substituents is 2. The van der Waals surface area contributed by atoms with E-state index in [0.717, 1.165) is 11.6 Å². The van der Waals surface area contributed by atoms with Crippen LogP contribution in [0.1, 0.15) is 15.9 Å². The first-order chi connectivity index (χ1) is 15.5. The van der Waals surface area contributed by atoms with E-state index in [1.54, 1.807) is 24.3 Å². The molecule has 0 unspecified atom stereocenters. The Morgan fingerprint density at radius 2 is 1.59 bits per heavy atom. The molecule has 4 N–H and O–H groups in total. The third-order valence-electron chi connectivity index (χ3n) is 4.70. The molecule has 4 aromatic rings. The quantitative estimate of drug-likeness (QED) is 0.288. The summed E-state index contributed by atoms with van der Waals surface area (Å²) >= 11 is 0. The minimum Gasteiger partial charge on any atom is -0.508 e. The first-order valence-electron chi connectivity index (χ1n) is 9.63. The molecule has 0 saturated heterocycles. The summed E-state index contributed by atoms with van der Waals surface area (Å²) in [6, 6.07) is 22.2. The van der Waals surface area contributed by atoms with Crippen molar-refractivity contribution in [2.45, 2.75) is 0 Å². The maximum atomic E-state index is 13.0. The van der Waals surface area contributed by atoms with Crippen molar-refractivity contribution in [2.75, 3.05) is 0 Å². The van der Waals surface area contributed by atoms with Gasteiger partial charge in [-0.2, -0.15) is 10.2 Å². The lowest BCUT2D eigenvalue weighted by Gasteiger charge is -2.12. The number of hydrazone groups is 1. The molecule has 0 aliphatic heterocycles. The van der Waals surface area contributed by atoms with Gasteiger partial charge < -0.3 is 10.2 Å². The van der Waals surface area contributed by atoms with Gasteiger partial charge in [0.2, 0.25) is 0 Å². The molecule has 0 radical (unpaired) electrons. The highest BCUT2D eigenvalue weighted by atomic mass is 16.3. The summed E-state index contributed by atoms with van der Waals surface area (Å²) in [6.07, 6.45) is 1.21. The van der Waals surface area contributed by atoms with E-state index in [-0.39, 0.29) is 22.6 Å². The van der Waals surface area contributed by atoms with Crippen LogP contribution in [0.25, 0.3) is 22.4 Å². The topological polar surface area (TPSA) is 128 Å². The van der Waals surface area contributed by atoms with Gasteiger partial charge in [0.15, 0.2) is 0 Å². The second-order valence-electron chi connectivity index (χ2n) is 6.83. The van der Waals surface area contributed by atoms with Crippen LogP contribution in [0.5, 0.6) is 11.5 Å². The van der Waals surface area contributed by atoms with Gasteiger partial charge in [-0.3, -0.25) is 9.59 Å². The fraction of sp³-hybridized carbons (Fsp3) is 0. The number of carbonyl (C=O) groups excluding carboxylic acids is 1. The number of hydrogen-bond donors (Lipinski definition) is 4. The van der Waals surface area contributed by atoms with E-state index in [0.29, 0.717) is 16.8 Å². The third kappa shape index (κ3) is 4.24. The molecular formula is C24H18N4O4. The molecule has 0 spiro atoms. The number of rotatable bonds is 5. The van der Waals surface area contributed by atoms with Gasteiger partial charge in [-0.25, -0.2) is 10.5 Å². The van der Waals surface area contributed by atoms with Gasteiger partial charge in [-0.1, -0.05) is 60.7 Å². The molecule has 0 saturated carbocycles. The number of benzene rings is 3. The van der Waals surface area contributed by atoms with Crippen LogP contribution >= 0.6 is 0 Å². The van der Waals surface area contributed by atoms with Gasteiger partial charge in [0.25, 0.3) is 11.5 Å². The smallest absolute Gasteiger partial charge is 0.277 e. The minimum atomic E-state index is -0.737. The van der Waals surface area contributed by atoms with Crippen molar-refractivity contribution in [3.8, 4) is 33.9 Å². The molecule has 32 heavy (non-hydrogen) atoms. The SMILES string of the molecule is O=C(NN=Cc1ccc(O)cc1O)c1c(-c2ccccc2)c(-c2ccccc2)n[nH]c1=O. The first-order valence-corrected chi connectivity index (χ1v) is 9.63. The predicted octanol–water partition coefficient (Wildman–Crippen LogP) is 3.28. The monoisotopic (exact) mass is 426 g/mol. The summed E-state index contributed by atoms with van der Waals surface area (Å²) in [7, 11) is 0. The molecule has 8 nitrogen and oxygen atoms in total. The number of nitrogens with zero attached hydrogens (tertiary/aromatic N) is 2. The predicted molar refractivity (Wildman–Crippen MR) is 121 cm³/mol. The second kappa shape index (κ2) is 8.97. The van der Waals surface area contributed by atoms with Crippen molar-refractivity contribution in [3.05, 3.63) is 100 Å². The molecule has 0 fully saturated rings. The van der Waals surface area contributed by atoms with Crippen LogP contribution in [-0.2, 0) is 0 Å². The highest BCUT2D eigenvalue weighted by Crippen LogP contribution is 2.31. The lowest BCUT2D eigenvalue weighted by Crippen LogP contribution is -2.28. The summed E-state index contributed by atoms with van der Waals surface area (Å²) in [5, 5.41) is 29.7. The second-order valence-corrected chi connectivity index (χ2v) is 6.83. The Bertz CT molecular complexity index is 1350. The van der Waals surface area contributed by atoms with Gasteiger partial charge in [0.05, 0.1) is 11.9 Å². The Labute approximate surface area is 182 Å². The number of phenols is 2. The largest absolute Gasteiger partial charge is 0.508 e. The van der Waals surface area contributed by atoms with E-state index in [1.807, 2.05) is 36.4 Å². The van der Waals surface area contributed by atoms with Crippen LogP contribution in [0.3, 0.4) is 0 Å². The van der Waals surface area contributed by atoms with Crippen molar-refractivity contribution in [2.24, 2.45) is 5.10 Å². The summed E-state index contributed by atoms with van der Waals surface area (Å²) in [5.41, 5.74) is 4.00. The van der Waals surface area contributed by atoms with Gasteiger partial charge >= 0.3 is 0 Å². The minimum absolute atomic E-state index is 0.104. The number of H-pyrrole nitrogens is 1. The number of aromatic nitrogens is 2. The van der Waals surface area contributed by atoms with Crippen LogP contribution in [0.4, 0.5) is 0 Å². The molecule has 1 aromatic heterocycles. The normalized spacial score (nSPS) is 10.9. The molecule has 0 bridgehead atoms. The third-order valence-corrected chi connectivity index (χ3v) is 4.70. The van der Waals surface area contributed by atoms with Gasteiger partial charge in [-0.15, -0.1) is 0 Å². The lowest BCUT2D eigenvalue weighted by molar-refractivity contribution is 0.0954. The average Bonchev–Trinajstić information content (AvgIpc) is 2.81. The van der Waals surface area contributed by atoms with Crippen molar-refractivity contribution in [1.29, 1.82) is 0 Å². The Balaban J connectivity index is 1.77. The van der Waals surface area contributed by atoms with Crippen LogP contribution in [0, 0.1) is 0 Å².